The van der Waals surface area contributed by atoms with Crippen molar-refractivity contribution in [2.24, 2.45) is 0 Å². The van der Waals surface area contributed by atoms with Crippen molar-refractivity contribution >= 4 is 18.0 Å². The first-order chi connectivity index (χ1) is 6.61. The van der Waals surface area contributed by atoms with Crippen LogP contribution in [0.2, 0.25) is 0 Å². The molecule has 2 N–H and O–H groups in total. The Kier molecular flexibility index (Phi) is 3.01. The molecule has 0 aliphatic heterocycles. The van der Waals surface area contributed by atoms with Crippen molar-refractivity contribution in [2.45, 2.75) is 0 Å². The predicted octanol–water partition coefficient (Wildman–Crippen LogP) is 1.24. The zero-order valence-electron chi connectivity index (χ0n) is 7.18. The van der Waals surface area contributed by atoms with Crippen LogP contribution < -0.4 is 0 Å². The van der Waals surface area contributed by atoms with E-state index >= 15 is 0 Å². The van der Waals surface area contributed by atoms with E-state index in [2.05, 4.69) is 0 Å². The summed E-state index contributed by atoms with van der Waals surface area (Å²) in [7, 11) is 0. The van der Waals surface area contributed by atoms with Crippen LogP contribution in [0.4, 0.5) is 0 Å². The average molecular weight is 192 g/mol. The molecule has 0 bridgehead atoms. The van der Waals surface area contributed by atoms with Gasteiger partial charge in [0, 0.05) is 0 Å². The van der Waals surface area contributed by atoms with Crippen LogP contribution in [-0.4, -0.2) is 22.2 Å². The van der Waals surface area contributed by atoms with Crippen molar-refractivity contribution < 1.29 is 19.8 Å². The maximum atomic E-state index is 10.5. The topological polar surface area (TPSA) is 74.6 Å². The minimum atomic E-state index is -1.44. The highest BCUT2D eigenvalue weighted by Gasteiger charge is 2.15. The summed E-state index contributed by atoms with van der Waals surface area (Å²) in [5, 5.41) is 17.1. The van der Waals surface area contributed by atoms with Crippen LogP contribution in [0, 0.1) is 0 Å². The molecule has 72 valence electrons. The maximum absolute atomic E-state index is 10.5. The van der Waals surface area contributed by atoms with Gasteiger partial charge in [0.25, 0.3) is 0 Å². The summed E-state index contributed by atoms with van der Waals surface area (Å²) in [6.07, 6.45) is 1.12. The lowest BCUT2D eigenvalue weighted by Gasteiger charge is -1.95. The van der Waals surface area contributed by atoms with E-state index in [0.29, 0.717) is 5.56 Å². The van der Waals surface area contributed by atoms with Gasteiger partial charge in [-0.2, -0.15) is 0 Å². The van der Waals surface area contributed by atoms with Crippen LogP contribution >= 0.6 is 0 Å². The summed E-state index contributed by atoms with van der Waals surface area (Å²) in [5.74, 6) is -2.89. The minimum absolute atomic E-state index is 0.548. The number of benzene rings is 1. The highest BCUT2D eigenvalue weighted by molar-refractivity contribution is 6.16. The second-order valence-electron chi connectivity index (χ2n) is 2.58. The summed E-state index contributed by atoms with van der Waals surface area (Å²) >= 11 is 0. The fraction of sp³-hybridized carbons (Fsp3) is 0. The molecule has 1 aromatic carbocycles. The molecule has 0 unspecified atom stereocenters. The third-order valence-corrected chi connectivity index (χ3v) is 1.57. The molecule has 0 saturated carbocycles. The van der Waals surface area contributed by atoms with Gasteiger partial charge in [-0.3, -0.25) is 0 Å². The summed E-state index contributed by atoms with van der Waals surface area (Å²) < 4.78 is 0. The lowest BCUT2D eigenvalue weighted by molar-refractivity contribution is -0.139. The Bertz CT molecular complexity index is 362. The van der Waals surface area contributed by atoms with Crippen molar-refractivity contribution in [3.05, 3.63) is 41.5 Å². The van der Waals surface area contributed by atoms with Crippen LogP contribution in [0.15, 0.2) is 35.9 Å². The molecule has 4 nitrogen and oxygen atoms in total. The molecule has 1 rings (SSSR count). The van der Waals surface area contributed by atoms with E-state index in [-0.39, 0.29) is 0 Å². The van der Waals surface area contributed by atoms with Gasteiger partial charge in [-0.1, -0.05) is 30.3 Å². The molecule has 0 aliphatic rings. The van der Waals surface area contributed by atoms with Gasteiger partial charge in [0.15, 0.2) is 0 Å². The molecule has 0 atom stereocenters. The van der Waals surface area contributed by atoms with Crippen molar-refractivity contribution in [2.75, 3.05) is 0 Å². The van der Waals surface area contributed by atoms with E-state index < -0.39 is 17.5 Å². The van der Waals surface area contributed by atoms with Gasteiger partial charge in [0.2, 0.25) is 0 Å². The summed E-state index contributed by atoms with van der Waals surface area (Å²) in [6.45, 7) is 0. The maximum Gasteiger partial charge on any atom is 0.343 e. The second kappa shape index (κ2) is 4.23. The molecule has 4 heteroatoms. The van der Waals surface area contributed by atoms with Crippen LogP contribution in [0.3, 0.4) is 0 Å². The third-order valence-electron chi connectivity index (χ3n) is 1.57. The summed E-state index contributed by atoms with van der Waals surface area (Å²) in [4.78, 5) is 21.0. The molecule has 0 spiro atoms. The normalized spacial score (nSPS) is 9.14. The Morgan fingerprint density at radius 1 is 1.00 bits per heavy atom. The summed E-state index contributed by atoms with van der Waals surface area (Å²) in [6, 6.07) is 8.43. The van der Waals surface area contributed by atoms with Gasteiger partial charge in [-0.15, -0.1) is 0 Å². The standard InChI is InChI=1S/C10H8O4/c11-9(12)8(10(13)14)6-7-4-2-1-3-5-7/h1-6H,(H,11,12)(H,13,14). The molecule has 0 aromatic heterocycles. The third kappa shape index (κ3) is 2.45. The molecule has 0 radical (unpaired) electrons. The molecule has 1 aromatic rings. The number of carboxylic acids is 2. The van der Waals surface area contributed by atoms with Crippen molar-refractivity contribution in [1.82, 2.24) is 0 Å². The summed E-state index contributed by atoms with van der Waals surface area (Å²) in [5.41, 5.74) is -0.0940. The monoisotopic (exact) mass is 192 g/mol. The largest absolute Gasteiger partial charge is 0.477 e. The fourth-order valence-corrected chi connectivity index (χ4v) is 0.931. The van der Waals surface area contributed by atoms with Gasteiger partial charge in [0.1, 0.15) is 5.57 Å². The van der Waals surface area contributed by atoms with E-state index in [9.17, 15) is 9.59 Å². The van der Waals surface area contributed by atoms with Crippen molar-refractivity contribution in [1.29, 1.82) is 0 Å². The number of rotatable bonds is 3. The zero-order chi connectivity index (χ0) is 10.6. The lowest BCUT2D eigenvalue weighted by Crippen LogP contribution is -2.10. The fourth-order valence-electron chi connectivity index (χ4n) is 0.931. The molecular weight excluding hydrogens is 184 g/mol. The Morgan fingerprint density at radius 2 is 1.50 bits per heavy atom. The molecule has 14 heavy (non-hydrogen) atoms. The molecule has 0 amide bonds. The number of aliphatic carboxylic acids is 2. The van der Waals surface area contributed by atoms with Crippen molar-refractivity contribution in [3.8, 4) is 0 Å². The SMILES string of the molecule is O=C(O)C(=Cc1ccccc1)C(=O)O. The number of carbonyl (C=O) groups is 2. The highest BCUT2D eigenvalue weighted by Crippen LogP contribution is 2.06. The average Bonchev–Trinajstić information content (AvgIpc) is 2.15. The van der Waals surface area contributed by atoms with E-state index in [1.165, 1.54) is 0 Å². The van der Waals surface area contributed by atoms with Gasteiger partial charge in [-0.05, 0) is 11.6 Å². The zero-order valence-corrected chi connectivity index (χ0v) is 7.18. The van der Waals surface area contributed by atoms with Crippen LogP contribution in [0.25, 0.3) is 6.08 Å². The number of hydrogen-bond donors (Lipinski definition) is 2. The van der Waals surface area contributed by atoms with E-state index in [1.807, 2.05) is 0 Å². The van der Waals surface area contributed by atoms with E-state index in [4.69, 9.17) is 10.2 Å². The first-order valence-corrected chi connectivity index (χ1v) is 3.84. The molecule has 0 aliphatic carbocycles. The minimum Gasteiger partial charge on any atom is -0.477 e. The second-order valence-corrected chi connectivity index (χ2v) is 2.58. The molecule has 0 fully saturated rings. The van der Waals surface area contributed by atoms with Gasteiger partial charge < -0.3 is 10.2 Å². The lowest BCUT2D eigenvalue weighted by atomic mass is 10.1. The first-order valence-electron chi connectivity index (χ1n) is 3.84. The van der Waals surface area contributed by atoms with Gasteiger partial charge in [-0.25, -0.2) is 9.59 Å². The van der Waals surface area contributed by atoms with E-state index in [1.54, 1.807) is 30.3 Å². The molecular formula is C10H8O4. The van der Waals surface area contributed by atoms with Gasteiger partial charge in [0.05, 0.1) is 0 Å². The Labute approximate surface area is 80.1 Å². The Balaban J connectivity index is 3.06. The van der Waals surface area contributed by atoms with Crippen LogP contribution in [0.1, 0.15) is 5.56 Å². The van der Waals surface area contributed by atoms with Gasteiger partial charge >= 0.3 is 11.9 Å². The van der Waals surface area contributed by atoms with Crippen LogP contribution in [0.5, 0.6) is 0 Å². The van der Waals surface area contributed by atoms with Crippen molar-refractivity contribution in [3.63, 3.8) is 0 Å². The highest BCUT2D eigenvalue weighted by atomic mass is 16.4. The quantitative estimate of drug-likeness (QED) is 0.429. The Morgan fingerprint density at radius 3 is 1.93 bits per heavy atom. The predicted molar refractivity (Wildman–Crippen MR) is 49.7 cm³/mol. The smallest absolute Gasteiger partial charge is 0.343 e. The molecule has 0 heterocycles. The first kappa shape index (κ1) is 9.98. The number of carboxylic acid groups (broad SMARTS) is 2. The molecule has 0 saturated heterocycles. The Hall–Kier alpha value is -2.10. The van der Waals surface area contributed by atoms with Crippen LogP contribution in [-0.2, 0) is 9.59 Å². The number of hydrogen-bond acceptors (Lipinski definition) is 2. The van der Waals surface area contributed by atoms with E-state index in [0.717, 1.165) is 6.08 Å².